The van der Waals surface area contributed by atoms with Crippen LogP contribution in [0.2, 0.25) is 0 Å². The Labute approximate surface area is 131 Å². The maximum Gasteiger partial charge on any atom is 0 e. The zero-order chi connectivity index (χ0) is 15.1. The summed E-state index contributed by atoms with van der Waals surface area (Å²) in [6.45, 7) is 10.9. The molecule has 0 aliphatic heterocycles. The van der Waals surface area contributed by atoms with Gasteiger partial charge in [0.25, 0.3) is 0 Å². The molecule has 0 bridgehead atoms. The molecule has 0 saturated heterocycles. The molecule has 0 amide bonds. The topological polar surface area (TPSA) is 79.9 Å². The fourth-order valence-corrected chi connectivity index (χ4v) is 1.19. The largest absolute Gasteiger partial charge is 0.999 e. The fraction of sp³-hybridized carbons (Fsp3) is 0.0714. The Morgan fingerprint density at radius 3 is 1.75 bits per heavy atom. The second-order valence-corrected chi connectivity index (χ2v) is 3.67. The predicted octanol–water partition coefficient (Wildman–Crippen LogP) is 1.76. The van der Waals surface area contributed by atoms with Gasteiger partial charge in [-0.05, 0) is 30.1 Å². The number of hydrogen-bond acceptors (Lipinski definition) is 2. The van der Waals surface area contributed by atoms with Crippen LogP contribution in [-0.2, 0) is 37.5 Å². The average Bonchev–Trinajstić information content (AvgIpc) is 3.03. The van der Waals surface area contributed by atoms with Crippen LogP contribution >= 0.6 is 0 Å². The van der Waals surface area contributed by atoms with Gasteiger partial charge in [0.2, 0.25) is 0 Å². The summed E-state index contributed by atoms with van der Waals surface area (Å²) >= 11 is -2.09. The summed E-state index contributed by atoms with van der Waals surface area (Å²) in [6.07, 6.45) is 0. The smallest absolute Gasteiger partial charge is 0 e. The Bertz CT molecular complexity index is 452. The van der Waals surface area contributed by atoms with E-state index in [1.807, 2.05) is 6.92 Å². The Morgan fingerprint density at radius 1 is 1.10 bits per heavy atom. The van der Waals surface area contributed by atoms with E-state index in [0.717, 1.165) is 5.56 Å². The molecule has 0 spiro atoms. The van der Waals surface area contributed by atoms with E-state index in [4.69, 9.17) is 9.30 Å². The van der Waals surface area contributed by atoms with Gasteiger partial charge in [-0.2, -0.15) is 0 Å². The first kappa shape index (κ1) is 23.7. The van der Waals surface area contributed by atoms with Crippen molar-refractivity contribution in [3.8, 4) is 0 Å². The molecule has 0 aromatic heterocycles. The molecule has 1 atom stereocenters. The molecule has 108 valence electrons. The van der Waals surface area contributed by atoms with Crippen LogP contribution in [0.25, 0.3) is 0 Å². The zero-order valence-electron chi connectivity index (χ0n) is 10.3. The summed E-state index contributed by atoms with van der Waals surface area (Å²) in [5, 5.41) is 0. The van der Waals surface area contributed by atoms with Crippen LogP contribution in [-0.4, -0.2) is 8.76 Å². The van der Waals surface area contributed by atoms with Crippen molar-refractivity contribution in [3.05, 3.63) is 73.5 Å². The summed E-state index contributed by atoms with van der Waals surface area (Å²) in [5.74, 6) is 0. The average molecular weight is 328 g/mol. The van der Waals surface area contributed by atoms with E-state index in [0.29, 0.717) is 4.90 Å². The molecule has 2 aromatic rings. The quantitative estimate of drug-likeness (QED) is 0.346. The zero-order valence-corrected chi connectivity index (χ0v) is 12.2. The molecule has 1 unspecified atom stereocenters. The Kier molecular flexibility index (Phi) is 21.0. The van der Waals surface area contributed by atoms with E-state index < -0.39 is 11.1 Å². The van der Waals surface area contributed by atoms with Crippen molar-refractivity contribution in [2.75, 3.05) is 0 Å². The van der Waals surface area contributed by atoms with Crippen LogP contribution < -0.4 is 0 Å². The van der Waals surface area contributed by atoms with Crippen molar-refractivity contribution in [3.63, 3.8) is 0 Å². The van der Waals surface area contributed by atoms with Gasteiger partial charge in [-0.15, -0.1) is 0 Å². The van der Waals surface area contributed by atoms with Crippen molar-refractivity contribution >= 4 is 11.1 Å². The van der Waals surface area contributed by atoms with E-state index in [1.54, 1.807) is 30.3 Å². The minimum atomic E-state index is -2.09. The SMILES string of the molecule is Cc1ccc(S(=O)[O-])cc1.[C-]#[O+].[C-]#[O+].[Fe].[c-]1[c-][c-][cH-][c-]1. The molecule has 0 N–H and O–H groups in total. The van der Waals surface area contributed by atoms with Crippen LogP contribution in [0.1, 0.15) is 5.56 Å². The summed E-state index contributed by atoms with van der Waals surface area (Å²) in [5.41, 5.74) is 1.06. The van der Waals surface area contributed by atoms with Gasteiger partial charge in [0, 0.05) is 22.0 Å². The van der Waals surface area contributed by atoms with Crippen molar-refractivity contribution < 1.29 is 35.1 Å². The third kappa shape index (κ3) is 13.1. The monoisotopic (exact) mass is 328 g/mol. The van der Waals surface area contributed by atoms with E-state index in [1.165, 1.54) is 0 Å². The fourth-order valence-electron chi connectivity index (χ4n) is 0.830. The van der Waals surface area contributed by atoms with Gasteiger partial charge in [-0.25, -0.2) is 0 Å². The molecule has 6 heteroatoms. The maximum absolute atomic E-state index is 10.3. The third-order valence-corrected chi connectivity index (χ3v) is 2.22. The standard InChI is InChI=1S/C7H8O2S.C5H.2CO.Fe/c1-6-2-4-7(5-3-6)10(8)9;1-2-4-5-3-1;2*1-2;/h2-5H,1H3,(H,8,9);1H;;;/q;-5;;;/p-1. The van der Waals surface area contributed by atoms with Crippen LogP contribution in [0.5, 0.6) is 0 Å². The Hall–Kier alpha value is -1.32. The Morgan fingerprint density at radius 2 is 1.50 bits per heavy atom. The van der Waals surface area contributed by atoms with Gasteiger partial charge in [0.05, 0.1) is 0 Å². The van der Waals surface area contributed by atoms with Gasteiger partial charge in [-0.3, -0.25) is 4.21 Å². The summed E-state index contributed by atoms with van der Waals surface area (Å²) in [4.78, 5) is 0.339. The number of benzene rings is 1. The molecule has 0 heterocycles. The van der Waals surface area contributed by atoms with Crippen molar-refractivity contribution in [2.24, 2.45) is 0 Å². The number of hydrogen-bond donors (Lipinski definition) is 0. The first-order chi connectivity index (χ1) is 9.20. The molecule has 0 saturated carbocycles. The van der Waals surface area contributed by atoms with Gasteiger partial charge >= 0.3 is 22.6 Å². The molecule has 0 radical (unpaired) electrons. The second-order valence-electron chi connectivity index (χ2n) is 2.73. The second kappa shape index (κ2) is 17.7. The van der Waals surface area contributed by atoms with Crippen LogP contribution in [0, 0.1) is 44.5 Å². The molecule has 0 fully saturated rings. The van der Waals surface area contributed by atoms with Crippen LogP contribution in [0.3, 0.4) is 0 Å². The molecule has 20 heavy (non-hydrogen) atoms. The van der Waals surface area contributed by atoms with E-state index in [9.17, 15) is 8.76 Å². The molecular weight excluding hydrogens is 320 g/mol. The normalized spacial score (nSPS) is 8.70. The Balaban J connectivity index is -0.000000246. The van der Waals surface area contributed by atoms with Gasteiger partial charge in [-0.1, -0.05) is 17.7 Å². The van der Waals surface area contributed by atoms with Gasteiger partial charge < -0.3 is 34.9 Å². The van der Waals surface area contributed by atoms with Gasteiger partial charge in [0.15, 0.2) is 0 Å². The minimum Gasteiger partial charge on any atom is -0.999 e. The van der Waals surface area contributed by atoms with Crippen molar-refractivity contribution in [1.29, 1.82) is 0 Å². The predicted molar refractivity (Wildman–Crippen MR) is 63.6 cm³/mol. The van der Waals surface area contributed by atoms with Crippen molar-refractivity contribution in [1.82, 2.24) is 0 Å². The van der Waals surface area contributed by atoms with E-state index >= 15 is 0 Å². The van der Waals surface area contributed by atoms with E-state index in [2.05, 4.69) is 37.6 Å². The first-order valence-electron chi connectivity index (χ1n) is 4.59. The summed E-state index contributed by atoms with van der Waals surface area (Å²) < 4.78 is 35.6. The third-order valence-electron chi connectivity index (χ3n) is 1.56. The maximum atomic E-state index is 10.3. The van der Waals surface area contributed by atoms with Crippen molar-refractivity contribution in [2.45, 2.75) is 11.8 Å². The molecule has 2 aromatic carbocycles. The molecule has 2 rings (SSSR count). The molecule has 0 aliphatic carbocycles. The molecular formula is C14H8FeO4S-6. The van der Waals surface area contributed by atoms with Gasteiger partial charge in [0.1, 0.15) is 0 Å². The summed E-state index contributed by atoms with van der Waals surface area (Å²) in [6, 6.07) is 18.7. The van der Waals surface area contributed by atoms with E-state index in [-0.39, 0.29) is 17.1 Å². The molecule has 0 aliphatic rings. The summed E-state index contributed by atoms with van der Waals surface area (Å²) in [7, 11) is 0. The van der Waals surface area contributed by atoms with Crippen LogP contribution in [0.15, 0.2) is 35.2 Å². The molecule has 4 nitrogen and oxygen atoms in total. The number of rotatable bonds is 1. The first-order valence-corrected chi connectivity index (χ1v) is 5.67. The minimum absolute atomic E-state index is 0. The van der Waals surface area contributed by atoms with Crippen LogP contribution in [0.4, 0.5) is 0 Å². The number of aryl methyl sites for hydroxylation is 1.